The number of alkyl halides is 2. The van der Waals surface area contributed by atoms with E-state index in [4.69, 9.17) is 10.2 Å². The smallest absolute Gasteiger partial charge is 0.377 e. The minimum absolute atomic E-state index is 0.0176. The highest BCUT2D eigenvalue weighted by Crippen LogP contribution is 2.30. The van der Waals surface area contributed by atoms with Crippen LogP contribution in [0.3, 0.4) is 0 Å². The summed E-state index contributed by atoms with van der Waals surface area (Å²) < 4.78 is 30.2. The van der Waals surface area contributed by atoms with E-state index in [1.54, 1.807) is 6.92 Å². The van der Waals surface area contributed by atoms with Gasteiger partial charge in [0, 0.05) is 6.54 Å². The topological polar surface area (TPSA) is 78.8 Å². The van der Waals surface area contributed by atoms with Crippen LogP contribution in [-0.4, -0.2) is 53.5 Å². The van der Waals surface area contributed by atoms with Crippen molar-refractivity contribution in [2.45, 2.75) is 37.3 Å². The number of cyclic esters (lactones) is 1. The van der Waals surface area contributed by atoms with Gasteiger partial charge in [-0.3, -0.25) is 0 Å². The van der Waals surface area contributed by atoms with Crippen molar-refractivity contribution in [1.29, 1.82) is 0 Å². The number of hydrogen-bond acceptors (Lipinski definition) is 5. The second-order valence-corrected chi connectivity index (χ2v) is 4.27. The predicted octanol–water partition coefficient (Wildman–Crippen LogP) is -0.340. The molecule has 0 spiro atoms. The van der Waals surface area contributed by atoms with Crippen molar-refractivity contribution in [2.24, 2.45) is 0 Å². The second-order valence-electron chi connectivity index (χ2n) is 4.27. The fraction of sp³-hybridized carbons (Fsp3) is 0.900. The van der Waals surface area contributed by atoms with Crippen LogP contribution in [-0.2, 0) is 9.53 Å². The summed E-state index contributed by atoms with van der Waals surface area (Å²) in [6.07, 6.45) is -1.17. The van der Waals surface area contributed by atoms with Crippen molar-refractivity contribution < 1.29 is 28.5 Å². The van der Waals surface area contributed by atoms with E-state index >= 15 is 0 Å². The molecule has 3 N–H and O–H groups in total. The van der Waals surface area contributed by atoms with Crippen LogP contribution in [0.5, 0.6) is 0 Å². The summed E-state index contributed by atoms with van der Waals surface area (Å²) in [5.41, 5.74) is -0.926. The van der Waals surface area contributed by atoms with Gasteiger partial charge >= 0.3 is 11.9 Å². The molecule has 1 rings (SSSR count). The summed E-state index contributed by atoms with van der Waals surface area (Å²) in [7, 11) is 0. The van der Waals surface area contributed by atoms with Crippen LogP contribution < -0.4 is 5.32 Å². The van der Waals surface area contributed by atoms with Gasteiger partial charge in [0.25, 0.3) is 0 Å². The summed E-state index contributed by atoms with van der Waals surface area (Å²) >= 11 is 0. The Morgan fingerprint density at radius 1 is 1.53 bits per heavy atom. The van der Waals surface area contributed by atoms with Crippen LogP contribution in [0.15, 0.2) is 0 Å². The molecule has 1 aliphatic rings. The van der Waals surface area contributed by atoms with Gasteiger partial charge in [-0.05, 0) is 6.42 Å². The van der Waals surface area contributed by atoms with Crippen molar-refractivity contribution >= 4 is 5.97 Å². The Kier molecular flexibility index (Phi) is 4.40. The minimum Gasteiger partial charge on any atom is -0.456 e. The molecule has 0 aliphatic carbocycles. The molecule has 1 aliphatic heterocycles. The highest BCUT2D eigenvalue weighted by atomic mass is 19.3. The zero-order valence-electron chi connectivity index (χ0n) is 9.58. The average Bonchev–Trinajstić information content (AvgIpc) is 2.56. The van der Waals surface area contributed by atoms with Crippen molar-refractivity contribution in [3.05, 3.63) is 0 Å². The molecule has 0 aromatic rings. The molecule has 1 atom stereocenters. The molecule has 0 radical (unpaired) electrons. The van der Waals surface area contributed by atoms with E-state index in [-0.39, 0.29) is 19.8 Å². The van der Waals surface area contributed by atoms with E-state index in [1.165, 1.54) is 0 Å². The van der Waals surface area contributed by atoms with Gasteiger partial charge in [-0.25, -0.2) is 4.79 Å². The number of aliphatic hydroxyl groups excluding tert-OH is 2. The summed E-state index contributed by atoms with van der Waals surface area (Å²) in [4.78, 5) is 10.7. The molecule has 0 bridgehead atoms. The Bertz CT molecular complexity index is 273. The lowest BCUT2D eigenvalue weighted by Gasteiger charge is -2.30. The van der Waals surface area contributed by atoms with Crippen molar-refractivity contribution in [3.63, 3.8) is 0 Å². The molecule has 1 fully saturated rings. The van der Waals surface area contributed by atoms with Crippen LogP contribution in [0.1, 0.15) is 19.8 Å². The number of nitrogens with one attached hydrogen (secondary N) is 1. The molecule has 0 aromatic heterocycles. The highest BCUT2D eigenvalue weighted by molar-refractivity contribution is 5.79. The molecule has 0 amide bonds. The molecule has 100 valence electrons. The number of esters is 1. The first-order chi connectivity index (χ1) is 7.89. The van der Waals surface area contributed by atoms with Crippen molar-refractivity contribution in [3.8, 4) is 0 Å². The quantitative estimate of drug-likeness (QED) is 0.564. The van der Waals surface area contributed by atoms with E-state index < -0.39 is 30.0 Å². The Morgan fingerprint density at radius 2 is 2.12 bits per heavy atom. The van der Waals surface area contributed by atoms with Gasteiger partial charge in [0.15, 0.2) is 0 Å². The Hall–Kier alpha value is -0.790. The number of aliphatic hydroxyl groups is 2. The number of ether oxygens (including phenoxy) is 1. The second kappa shape index (κ2) is 5.24. The molecule has 17 heavy (non-hydrogen) atoms. The van der Waals surface area contributed by atoms with Gasteiger partial charge in [-0.1, -0.05) is 6.92 Å². The van der Waals surface area contributed by atoms with E-state index in [2.05, 4.69) is 10.1 Å². The first-order valence-corrected chi connectivity index (χ1v) is 5.45. The van der Waals surface area contributed by atoms with Gasteiger partial charge in [0.1, 0.15) is 6.10 Å². The van der Waals surface area contributed by atoms with Crippen LogP contribution in [0.25, 0.3) is 0 Å². The standard InChI is InChI=1S/C10H17F2NO4/c1-2-9(5-14,6-15)13-4-7-3-10(11,12)8(16)17-7/h7,13-15H,2-6H2,1H3. The number of rotatable bonds is 6. The maximum absolute atomic E-state index is 12.9. The number of carbonyl (C=O) groups excluding carboxylic acids is 1. The van der Waals surface area contributed by atoms with Crippen LogP contribution in [0, 0.1) is 0 Å². The number of halogens is 2. The molecule has 1 unspecified atom stereocenters. The third kappa shape index (κ3) is 3.11. The first-order valence-electron chi connectivity index (χ1n) is 5.45. The van der Waals surface area contributed by atoms with Gasteiger partial charge in [-0.15, -0.1) is 0 Å². The van der Waals surface area contributed by atoms with Gasteiger partial charge in [-0.2, -0.15) is 8.78 Å². The van der Waals surface area contributed by atoms with Crippen molar-refractivity contribution in [1.82, 2.24) is 5.32 Å². The first kappa shape index (κ1) is 14.3. The molecule has 7 heteroatoms. The SMILES string of the molecule is CCC(CO)(CO)NCC1CC(F)(F)C(=O)O1. The zero-order valence-corrected chi connectivity index (χ0v) is 9.58. The highest BCUT2D eigenvalue weighted by Gasteiger charge is 2.50. The molecule has 1 saturated heterocycles. The van der Waals surface area contributed by atoms with Gasteiger partial charge in [0.05, 0.1) is 25.2 Å². The maximum Gasteiger partial charge on any atom is 0.377 e. The lowest BCUT2D eigenvalue weighted by molar-refractivity contribution is -0.159. The lowest BCUT2D eigenvalue weighted by atomic mass is 9.98. The number of hydrogen-bond donors (Lipinski definition) is 3. The maximum atomic E-state index is 12.9. The fourth-order valence-electron chi connectivity index (χ4n) is 1.60. The third-order valence-corrected chi connectivity index (χ3v) is 3.04. The predicted molar refractivity (Wildman–Crippen MR) is 54.6 cm³/mol. The van der Waals surface area contributed by atoms with E-state index in [0.29, 0.717) is 6.42 Å². The van der Waals surface area contributed by atoms with E-state index in [9.17, 15) is 13.6 Å². The summed E-state index contributed by atoms with van der Waals surface area (Å²) in [5, 5.41) is 21.0. The molecule has 0 saturated carbocycles. The summed E-state index contributed by atoms with van der Waals surface area (Å²) in [5.74, 6) is -4.95. The Labute approximate surface area is 97.8 Å². The zero-order chi connectivity index (χ0) is 13.1. The Morgan fingerprint density at radius 3 is 2.47 bits per heavy atom. The van der Waals surface area contributed by atoms with Crippen LogP contribution >= 0.6 is 0 Å². The lowest BCUT2D eigenvalue weighted by Crippen LogP contribution is -2.53. The summed E-state index contributed by atoms with van der Waals surface area (Å²) in [6, 6.07) is 0. The Balaban J connectivity index is 2.49. The van der Waals surface area contributed by atoms with Gasteiger partial charge in [0.2, 0.25) is 0 Å². The molecular formula is C10H17F2NO4. The third-order valence-electron chi connectivity index (χ3n) is 3.04. The normalized spacial score (nSPS) is 23.8. The van der Waals surface area contributed by atoms with E-state index in [0.717, 1.165) is 0 Å². The molecule has 1 heterocycles. The minimum atomic E-state index is -3.43. The molecular weight excluding hydrogens is 236 g/mol. The number of carbonyl (C=O) groups is 1. The largest absolute Gasteiger partial charge is 0.456 e. The van der Waals surface area contributed by atoms with Crippen LogP contribution in [0.2, 0.25) is 0 Å². The van der Waals surface area contributed by atoms with Gasteiger partial charge < -0.3 is 20.3 Å². The van der Waals surface area contributed by atoms with Crippen LogP contribution in [0.4, 0.5) is 8.78 Å². The summed E-state index contributed by atoms with van der Waals surface area (Å²) in [6.45, 7) is 1.08. The van der Waals surface area contributed by atoms with Crippen molar-refractivity contribution in [2.75, 3.05) is 19.8 Å². The van der Waals surface area contributed by atoms with E-state index in [1.807, 2.05) is 0 Å². The molecule has 0 aromatic carbocycles. The average molecular weight is 253 g/mol. The fourth-order valence-corrected chi connectivity index (χ4v) is 1.60. The monoisotopic (exact) mass is 253 g/mol. The molecule has 5 nitrogen and oxygen atoms in total.